The number of carbonyl (C=O) groups excluding carboxylic acids is 1. The molecule has 2 rings (SSSR count). The van der Waals surface area contributed by atoms with Crippen molar-refractivity contribution in [2.45, 2.75) is 13.0 Å². The molecule has 0 N–H and O–H groups in total. The van der Waals surface area contributed by atoms with Crippen molar-refractivity contribution < 1.29 is 9.18 Å². The fourth-order valence-electron chi connectivity index (χ4n) is 1.79. The van der Waals surface area contributed by atoms with Crippen molar-refractivity contribution in [3.05, 3.63) is 59.7 Å². The predicted molar refractivity (Wildman–Crippen MR) is 60.0 cm³/mol. The standard InChI is InChI=1S/C13H12FNO/c1-10(11-4-2-5-12(14)8-11)15-7-3-6-13(15)9-16/h2-10H,1H3/t10-/m1/s1. The Morgan fingerprint density at radius 2 is 2.12 bits per heavy atom. The third kappa shape index (κ3) is 1.89. The van der Waals surface area contributed by atoms with Crippen LogP contribution in [-0.2, 0) is 0 Å². The van der Waals surface area contributed by atoms with Crippen molar-refractivity contribution in [1.82, 2.24) is 4.57 Å². The maximum Gasteiger partial charge on any atom is 0.166 e. The molecule has 16 heavy (non-hydrogen) atoms. The molecule has 3 heteroatoms. The first-order chi connectivity index (χ1) is 7.72. The van der Waals surface area contributed by atoms with Gasteiger partial charge in [0.15, 0.2) is 6.29 Å². The number of halogens is 1. The van der Waals surface area contributed by atoms with Gasteiger partial charge in [0.2, 0.25) is 0 Å². The second-order valence-electron chi connectivity index (χ2n) is 3.69. The Kier molecular flexibility index (Phi) is 2.86. The second kappa shape index (κ2) is 4.31. The van der Waals surface area contributed by atoms with E-state index in [0.29, 0.717) is 5.69 Å². The molecule has 2 aromatic rings. The van der Waals surface area contributed by atoms with E-state index in [-0.39, 0.29) is 11.9 Å². The molecule has 0 saturated carbocycles. The van der Waals surface area contributed by atoms with Gasteiger partial charge in [0.25, 0.3) is 0 Å². The zero-order valence-electron chi connectivity index (χ0n) is 8.93. The van der Waals surface area contributed by atoms with Crippen molar-refractivity contribution in [1.29, 1.82) is 0 Å². The van der Waals surface area contributed by atoms with Crippen molar-refractivity contribution in [2.24, 2.45) is 0 Å². The Labute approximate surface area is 93.3 Å². The summed E-state index contributed by atoms with van der Waals surface area (Å²) in [5, 5.41) is 0. The minimum absolute atomic E-state index is 0.0501. The second-order valence-corrected chi connectivity index (χ2v) is 3.69. The highest BCUT2D eigenvalue weighted by molar-refractivity contribution is 5.72. The SMILES string of the molecule is C[C@H](c1cccc(F)c1)n1cccc1C=O. The topological polar surface area (TPSA) is 22.0 Å². The van der Waals surface area contributed by atoms with Gasteiger partial charge in [0, 0.05) is 6.20 Å². The molecular weight excluding hydrogens is 205 g/mol. The smallest absolute Gasteiger partial charge is 0.166 e. The van der Waals surface area contributed by atoms with Crippen molar-refractivity contribution in [3.8, 4) is 0 Å². The Hall–Kier alpha value is -1.90. The van der Waals surface area contributed by atoms with Crippen LogP contribution < -0.4 is 0 Å². The first-order valence-corrected chi connectivity index (χ1v) is 5.10. The zero-order valence-corrected chi connectivity index (χ0v) is 8.93. The summed E-state index contributed by atoms with van der Waals surface area (Å²) in [4.78, 5) is 10.8. The molecule has 0 unspecified atom stereocenters. The van der Waals surface area contributed by atoms with Crippen LogP contribution in [-0.4, -0.2) is 10.9 Å². The fourth-order valence-corrected chi connectivity index (χ4v) is 1.79. The summed E-state index contributed by atoms with van der Waals surface area (Å²) in [6, 6.07) is 9.91. The van der Waals surface area contributed by atoms with Crippen LogP contribution in [0.3, 0.4) is 0 Å². The van der Waals surface area contributed by atoms with E-state index in [1.54, 1.807) is 18.2 Å². The normalized spacial score (nSPS) is 12.4. The number of aldehydes is 1. The van der Waals surface area contributed by atoms with Gasteiger partial charge >= 0.3 is 0 Å². The Morgan fingerprint density at radius 1 is 1.31 bits per heavy atom. The van der Waals surface area contributed by atoms with Crippen LogP contribution in [0.4, 0.5) is 4.39 Å². The number of hydrogen-bond donors (Lipinski definition) is 0. The molecule has 0 bridgehead atoms. The minimum Gasteiger partial charge on any atom is -0.338 e. The van der Waals surface area contributed by atoms with Gasteiger partial charge in [-0.05, 0) is 36.8 Å². The number of benzene rings is 1. The lowest BCUT2D eigenvalue weighted by Gasteiger charge is -2.15. The molecule has 0 amide bonds. The van der Waals surface area contributed by atoms with Crippen LogP contribution in [0.15, 0.2) is 42.6 Å². The van der Waals surface area contributed by atoms with Crippen molar-refractivity contribution in [2.75, 3.05) is 0 Å². The highest BCUT2D eigenvalue weighted by Gasteiger charge is 2.10. The molecule has 1 aromatic heterocycles. The summed E-state index contributed by atoms with van der Waals surface area (Å²) in [6.45, 7) is 1.93. The average molecular weight is 217 g/mol. The first kappa shape index (κ1) is 10.6. The number of hydrogen-bond acceptors (Lipinski definition) is 1. The molecule has 1 atom stereocenters. The van der Waals surface area contributed by atoms with Crippen molar-refractivity contribution >= 4 is 6.29 Å². The number of rotatable bonds is 3. The minimum atomic E-state index is -0.260. The molecule has 0 spiro atoms. The van der Waals surface area contributed by atoms with Crippen LogP contribution in [0.1, 0.15) is 29.0 Å². The third-order valence-corrected chi connectivity index (χ3v) is 2.68. The molecule has 1 aromatic carbocycles. The highest BCUT2D eigenvalue weighted by atomic mass is 19.1. The van der Waals surface area contributed by atoms with Gasteiger partial charge in [-0.25, -0.2) is 4.39 Å². The number of aromatic nitrogens is 1. The Morgan fingerprint density at radius 3 is 2.81 bits per heavy atom. The van der Waals surface area contributed by atoms with E-state index in [9.17, 15) is 9.18 Å². The lowest BCUT2D eigenvalue weighted by Crippen LogP contribution is -2.08. The molecule has 82 valence electrons. The molecule has 0 aliphatic carbocycles. The molecule has 0 aliphatic rings. The lowest BCUT2D eigenvalue weighted by molar-refractivity contribution is 0.111. The largest absolute Gasteiger partial charge is 0.338 e. The summed E-state index contributed by atoms with van der Waals surface area (Å²) >= 11 is 0. The molecule has 0 saturated heterocycles. The van der Waals surface area contributed by atoms with Crippen LogP contribution in [0, 0.1) is 5.82 Å². The third-order valence-electron chi connectivity index (χ3n) is 2.68. The summed E-state index contributed by atoms with van der Waals surface area (Å²) < 4.78 is 14.9. The summed E-state index contributed by atoms with van der Waals surface area (Å²) in [5.74, 6) is -0.260. The van der Waals surface area contributed by atoms with Gasteiger partial charge in [-0.2, -0.15) is 0 Å². The number of carbonyl (C=O) groups is 1. The maximum atomic E-state index is 13.1. The highest BCUT2D eigenvalue weighted by Crippen LogP contribution is 2.20. The zero-order chi connectivity index (χ0) is 11.5. The molecule has 0 aliphatic heterocycles. The van der Waals surface area contributed by atoms with Gasteiger partial charge in [-0.3, -0.25) is 4.79 Å². The Bertz CT molecular complexity index is 504. The summed E-state index contributed by atoms with van der Waals surface area (Å²) in [6.07, 6.45) is 2.62. The first-order valence-electron chi connectivity index (χ1n) is 5.10. The van der Waals surface area contributed by atoms with Crippen LogP contribution >= 0.6 is 0 Å². The number of nitrogens with zero attached hydrogens (tertiary/aromatic N) is 1. The lowest BCUT2D eigenvalue weighted by atomic mass is 10.1. The van der Waals surface area contributed by atoms with Gasteiger partial charge in [-0.15, -0.1) is 0 Å². The van der Waals surface area contributed by atoms with E-state index in [4.69, 9.17) is 0 Å². The van der Waals surface area contributed by atoms with E-state index in [1.165, 1.54) is 12.1 Å². The summed E-state index contributed by atoms with van der Waals surface area (Å²) in [7, 11) is 0. The molecule has 0 radical (unpaired) electrons. The molecular formula is C13H12FNO. The van der Waals surface area contributed by atoms with E-state index in [2.05, 4.69) is 0 Å². The fraction of sp³-hybridized carbons (Fsp3) is 0.154. The Balaban J connectivity index is 2.38. The quantitative estimate of drug-likeness (QED) is 0.724. The van der Waals surface area contributed by atoms with Crippen LogP contribution in [0.25, 0.3) is 0 Å². The van der Waals surface area contributed by atoms with Gasteiger partial charge in [0.05, 0.1) is 11.7 Å². The molecule has 1 heterocycles. The monoisotopic (exact) mass is 217 g/mol. The summed E-state index contributed by atoms with van der Waals surface area (Å²) in [5.41, 5.74) is 1.44. The van der Waals surface area contributed by atoms with Crippen LogP contribution in [0.2, 0.25) is 0 Å². The van der Waals surface area contributed by atoms with Crippen LogP contribution in [0.5, 0.6) is 0 Å². The maximum absolute atomic E-state index is 13.1. The van der Waals surface area contributed by atoms with Crippen molar-refractivity contribution in [3.63, 3.8) is 0 Å². The van der Waals surface area contributed by atoms with Gasteiger partial charge in [-0.1, -0.05) is 12.1 Å². The molecule has 2 nitrogen and oxygen atoms in total. The van der Waals surface area contributed by atoms with E-state index in [1.807, 2.05) is 23.8 Å². The predicted octanol–water partition coefficient (Wildman–Crippen LogP) is 3.05. The van der Waals surface area contributed by atoms with Gasteiger partial charge in [0.1, 0.15) is 5.82 Å². The van der Waals surface area contributed by atoms with Gasteiger partial charge < -0.3 is 4.57 Å². The van der Waals surface area contributed by atoms with E-state index >= 15 is 0 Å². The van der Waals surface area contributed by atoms with E-state index in [0.717, 1.165) is 11.8 Å². The van der Waals surface area contributed by atoms with E-state index < -0.39 is 0 Å². The molecule has 0 fully saturated rings. The average Bonchev–Trinajstić information content (AvgIpc) is 2.76.